The number of hydrogen-bond donors (Lipinski definition) is 1. The number of aryl methyl sites for hydroxylation is 2. The molecule has 0 radical (unpaired) electrons. The summed E-state index contributed by atoms with van der Waals surface area (Å²) in [5, 5.41) is 17.4. The molecule has 1 aliphatic rings. The Hall–Kier alpha value is -2.39. The van der Waals surface area contributed by atoms with Crippen molar-refractivity contribution >= 4 is 29.3 Å². The lowest BCUT2D eigenvalue weighted by Gasteiger charge is -2.16. The molecule has 3 aromatic rings. The zero-order chi connectivity index (χ0) is 23.4. The molecule has 1 aliphatic carbocycles. The molecule has 33 heavy (non-hydrogen) atoms. The molecule has 2 aromatic heterocycles. The molecule has 1 fully saturated rings. The highest BCUT2D eigenvalue weighted by molar-refractivity contribution is 7.98. The summed E-state index contributed by atoms with van der Waals surface area (Å²) in [6.45, 7) is 2.63. The van der Waals surface area contributed by atoms with E-state index in [0.29, 0.717) is 30.4 Å². The van der Waals surface area contributed by atoms with E-state index in [9.17, 15) is 9.18 Å². The van der Waals surface area contributed by atoms with Crippen LogP contribution in [0.25, 0.3) is 0 Å². The number of carbonyl (C=O) groups excluding carboxylic acids is 1. The zero-order valence-electron chi connectivity index (χ0n) is 18.9. The molecule has 0 bridgehead atoms. The van der Waals surface area contributed by atoms with Gasteiger partial charge in [-0.05, 0) is 50.1 Å². The molecule has 0 aliphatic heterocycles. The molecule has 0 spiro atoms. The highest BCUT2D eigenvalue weighted by atomic mass is 35.5. The van der Waals surface area contributed by atoms with E-state index in [1.165, 1.54) is 37.8 Å². The van der Waals surface area contributed by atoms with Crippen LogP contribution in [0.15, 0.2) is 29.4 Å². The maximum absolute atomic E-state index is 13.1. The average Bonchev–Trinajstić information content (AvgIpc) is 3.52. The summed E-state index contributed by atoms with van der Waals surface area (Å²) in [4.78, 5) is 12.8. The lowest BCUT2D eigenvalue weighted by atomic mass is 10.2. The first kappa shape index (κ1) is 23.8. The molecule has 7 nitrogen and oxygen atoms in total. The number of hydrogen-bond acceptors (Lipinski definition) is 5. The number of nitrogens with zero attached hydrogens (tertiary/aromatic N) is 5. The molecule has 1 N–H and O–H groups in total. The largest absolute Gasteiger partial charge is 0.352 e. The van der Waals surface area contributed by atoms with Crippen molar-refractivity contribution in [1.82, 2.24) is 29.9 Å². The van der Waals surface area contributed by atoms with Crippen LogP contribution in [-0.2, 0) is 13.0 Å². The standard InChI is InChI=1S/C23H28ClFN6OS/c1-15-20(21(24)30(29-15)14-16-9-11-17(25)12-10-16)22(32)26-13-5-8-19-27-28-23(33-2)31(19)18-6-3-4-7-18/h9-12,18H,3-8,13-14H2,1-2H3,(H,26,32). The van der Waals surface area contributed by atoms with Crippen molar-refractivity contribution in [2.45, 2.75) is 63.2 Å². The van der Waals surface area contributed by atoms with Crippen LogP contribution in [0.2, 0.25) is 5.15 Å². The van der Waals surface area contributed by atoms with Crippen molar-refractivity contribution < 1.29 is 9.18 Å². The third-order valence-electron chi connectivity index (χ3n) is 6.01. The van der Waals surface area contributed by atoms with E-state index in [1.54, 1.807) is 35.5 Å². The SMILES string of the molecule is CSc1nnc(CCCNC(=O)c2c(C)nn(Cc3ccc(F)cc3)c2Cl)n1C1CCCC1. The first-order chi connectivity index (χ1) is 16.0. The first-order valence-corrected chi connectivity index (χ1v) is 12.8. The fraction of sp³-hybridized carbons (Fsp3) is 0.478. The summed E-state index contributed by atoms with van der Waals surface area (Å²) in [7, 11) is 0. The van der Waals surface area contributed by atoms with Crippen molar-refractivity contribution in [3.63, 3.8) is 0 Å². The Morgan fingerprint density at radius 2 is 1.97 bits per heavy atom. The van der Waals surface area contributed by atoms with E-state index in [-0.39, 0.29) is 16.9 Å². The molecule has 1 aromatic carbocycles. The quantitative estimate of drug-likeness (QED) is 0.343. The predicted molar refractivity (Wildman–Crippen MR) is 127 cm³/mol. The Bertz CT molecular complexity index is 1110. The molecule has 10 heteroatoms. The number of aromatic nitrogens is 5. The van der Waals surface area contributed by atoms with Crippen LogP contribution in [0.3, 0.4) is 0 Å². The van der Waals surface area contributed by atoms with Crippen molar-refractivity contribution in [2.75, 3.05) is 12.8 Å². The second-order valence-corrected chi connectivity index (χ2v) is 9.44. The summed E-state index contributed by atoms with van der Waals surface area (Å²) in [6.07, 6.45) is 8.39. The first-order valence-electron chi connectivity index (χ1n) is 11.2. The van der Waals surface area contributed by atoms with E-state index in [2.05, 4.69) is 25.2 Å². The van der Waals surface area contributed by atoms with Crippen LogP contribution >= 0.6 is 23.4 Å². The maximum Gasteiger partial charge on any atom is 0.256 e. The smallest absolute Gasteiger partial charge is 0.256 e. The van der Waals surface area contributed by atoms with E-state index in [4.69, 9.17) is 11.6 Å². The molecule has 0 unspecified atom stereocenters. The average molecular weight is 491 g/mol. The van der Waals surface area contributed by atoms with Gasteiger partial charge < -0.3 is 9.88 Å². The Kier molecular flexibility index (Phi) is 7.70. The minimum atomic E-state index is -0.298. The lowest BCUT2D eigenvalue weighted by molar-refractivity contribution is 0.0952. The fourth-order valence-electron chi connectivity index (χ4n) is 4.36. The minimum absolute atomic E-state index is 0.245. The van der Waals surface area contributed by atoms with Crippen LogP contribution in [0.4, 0.5) is 4.39 Å². The van der Waals surface area contributed by atoms with Crippen LogP contribution in [0.5, 0.6) is 0 Å². The highest BCUT2D eigenvalue weighted by Gasteiger charge is 2.24. The Labute approximate surface area is 202 Å². The number of halogens is 2. The van der Waals surface area contributed by atoms with Gasteiger partial charge in [0.2, 0.25) is 0 Å². The fourth-order valence-corrected chi connectivity index (χ4v) is 5.26. The third-order valence-corrected chi connectivity index (χ3v) is 7.04. The second kappa shape index (κ2) is 10.7. The van der Waals surface area contributed by atoms with Gasteiger partial charge in [-0.25, -0.2) is 9.07 Å². The molecule has 0 saturated heterocycles. The Morgan fingerprint density at radius 3 is 2.67 bits per heavy atom. The van der Waals surface area contributed by atoms with E-state index >= 15 is 0 Å². The molecule has 176 valence electrons. The molecule has 1 amide bonds. The van der Waals surface area contributed by atoms with Gasteiger partial charge in [0, 0.05) is 19.0 Å². The van der Waals surface area contributed by atoms with Crippen molar-refractivity contribution in [3.8, 4) is 0 Å². The van der Waals surface area contributed by atoms with Gasteiger partial charge in [0.15, 0.2) is 5.16 Å². The van der Waals surface area contributed by atoms with Gasteiger partial charge in [0.25, 0.3) is 5.91 Å². The Morgan fingerprint density at radius 1 is 1.24 bits per heavy atom. The van der Waals surface area contributed by atoms with Gasteiger partial charge in [-0.3, -0.25) is 4.79 Å². The van der Waals surface area contributed by atoms with E-state index in [0.717, 1.165) is 29.4 Å². The van der Waals surface area contributed by atoms with Crippen molar-refractivity contribution in [1.29, 1.82) is 0 Å². The normalized spacial score (nSPS) is 14.2. The van der Waals surface area contributed by atoms with Gasteiger partial charge in [-0.2, -0.15) is 5.10 Å². The van der Waals surface area contributed by atoms with Crippen LogP contribution in [0.1, 0.15) is 65.6 Å². The van der Waals surface area contributed by atoms with E-state index < -0.39 is 0 Å². The van der Waals surface area contributed by atoms with Gasteiger partial charge in [0.1, 0.15) is 16.8 Å². The maximum atomic E-state index is 13.1. The zero-order valence-corrected chi connectivity index (χ0v) is 20.4. The van der Waals surface area contributed by atoms with Gasteiger partial charge in [0.05, 0.1) is 17.8 Å². The summed E-state index contributed by atoms with van der Waals surface area (Å²) < 4.78 is 17.0. The predicted octanol–water partition coefficient (Wildman–Crippen LogP) is 4.82. The van der Waals surface area contributed by atoms with Crippen molar-refractivity contribution in [3.05, 3.63) is 57.9 Å². The minimum Gasteiger partial charge on any atom is -0.352 e. The summed E-state index contributed by atoms with van der Waals surface area (Å²) >= 11 is 8.10. The van der Waals surface area contributed by atoms with Crippen LogP contribution in [-0.4, -0.2) is 43.3 Å². The second-order valence-electron chi connectivity index (χ2n) is 8.31. The Balaban J connectivity index is 1.35. The number of benzene rings is 1. The molecule has 2 heterocycles. The summed E-state index contributed by atoms with van der Waals surface area (Å²) in [5.41, 5.74) is 1.78. The molecule has 4 rings (SSSR count). The number of nitrogens with one attached hydrogen (secondary N) is 1. The lowest BCUT2D eigenvalue weighted by Crippen LogP contribution is -2.25. The van der Waals surface area contributed by atoms with E-state index in [1.807, 2.05) is 6.26 Å². The van der Waals surface area contributed by atoms with Crippen LogP contribution in [0, 0.1) is 12.7 Å². The molecular formula is C23H28ClFN6OS. The molecule has 0 atom stereocenters. The number of carbonyl (C=O) groups is 1. The third kappa shape index (κ3) is 5.41. The summed E-state index contributed by atoms with van der Waals surface area (Å²) in [5.74, 6) is 0.444. The topological polar surface area (TPSA) is 77.6 Å². The highest BCUT2D eigenvalue weighted by Crippen LogP contribution is 2.33. The molecule has 1 saturated carbocycles. The monoisotopic (exact) mass is 490 g/mol. The van der Waals surface area contributed by atoms with Gasteiger partial charge in [-0.15, -0.1) is 10.2 Å². The van der Waals surface area contributed by atoms with Crippen LogP contribution < -0.4 is 5.32 Å². The van der Waals surface area contributed by atoms with Crippen molar-refractivity contribution in [2.24, 2.45) is 0 Å². The van der Waals surface area contributed by atoms with Gasteiger partial charge in [-0.1, -0.05) is 48.3 Å². The van der Waals surface area contributed by atoms with Gasteiger partial charge >= 0.3 is 0 Å². The summed E-state index contributed by atoms with van der Waals surface area (Å²) in [6, 6.07) is 6.62. The molecular weight excluding hydrogens is 463 g/mol. The number of thioether (sulfide) groups is 1. The number of amides is 1. The number of rotatable bonds is 9.